The van der Waals surface area contributed by atoms with Gasteiger partial charge in [0.2, 0.25) is 5.78 Å². The number of aliphatic hydroxyl groups excluding tert-OH is 2. The zero-order valence-corrected chi connectivity index (χ0v) is 14.3. The standard InChI is InChI=1S/C16H14Cl2N2O5/c17-11-2-1-8(3-12(11)18)4-20-16(25)9-5-19-14(13(23)7-22)15(24)10(9)6-21/h1-3,5,21-22,24H,4,6-7H2,(H,20,25). The first-order valence-electron chi connectivity index (χ1n) is 7.07. The average molecular weight is 385 g/mol. The van der Waals surface area contributed by atoms with Crippen LogP contribution in [-0.2, 0) is 13.2 Å². The second-order valence-electron chi connectivity index (χ2n) is 5.02. The number of benzene rings is 1. The molecule has 25 heavy (non-hydrogen) atoms. The van der Waals surface area contributed by atoms with Crippen LogP contribution in [-0.4, -0.2) is 38.6 Å². The van der Waals surface area contributed by atoms with Gasteiger partial charge >= 0.3 is 0 Å². The first-order chi connectivity index (χ1) is 11.9. The van der Waals surface area contributed by atoms with Crippen molar-refractivity contribution in [2.24, 2.45) is 0 Å². The van der Waals surface area contributed by atoms with E-state index in [0.717, 1.165) is 6.20 Å². The summed E-state index contributed by atoms with van der Waals surface area (Å²) in [4.78, 5) is 27.5. The number of nitrogens with one attached hydrogen (secondary N) is 1. The number of aliphatic hydroxyl groups is 2. The number of Topliss-reactive ketones (excluding diaryl/α,β-unsaturated/α-hetero) is 1. The van der Waals surface area contributed by atoms with Crippen molar-refractivity contribution >= 4 is 34.9 Å². The highest BCUT2D eigenvalue weighted by atomic mass is 35.5. The van der Waals surface area contributed by atoms with Gasteiger partial charge < -0.3 is 20.6 Å². The molecule has 1 heterocycles. The van der Waals surface area contributed by atoms with Crippen LogP contribution in [0.3, 0.4) is 0 Å². The Kier molecular flexibility index (Phi) is 6.33. The number of aromatic nitrogens is 1. The molecule has 1 amide bonds. The second-order valence-corrected chi connectivity index (χ2v) is 5.83. The van der Waals surface area contributed by atoms with Gasteiger partial charge in [-0.15, -0.1) is 0 Å². The molecule has 0 aliphatic rings. The Hall–Kier alpha value is -2.19. The Balaban J connectivity index is 2.22. The third-order valence-corrected chi connectivity index (χ3v) is 4.14. The van der Waals surface area contributed by atoms with E-state index in [1.165, 1.54) is 0 Å². The third kappa shape index (κ3) is 4.26. The summed E-state index contributed by atoms with van der Waals surface area (Å²) in [5, 5.41) is 31.6. The molecule has 0 unspecified atom stereocenters. The molecule has 0 aliphatic heterocycles. The summed E-state index contributed by atoms with van der Waals surface area (Å²) in [6, 6.07) is 4.86. The van der Waals surface area contributed by atoms with Crippen molar-refractivity contribution in [3.63, 3.8) is 0 Å². The lowest BCUT2D eigenvalue weighted by Crippen LogP contribution is -2.25. The van der Waals surface area contributed by atoms with Gasteiger partial charge in [-0.1, -0.05) is 29.3 Å². The molecule has 1 aromatic heterocycles. The van der Waals surface area contributed by atoms with Crippen molar-refractivity contribution in [2.45, 2.75) is 13.2 Å². The molecule has 2 aromatic rings. The molecule has 0 spiro atoms. The lowest BCUT2D eigenvalue weighted by atomic mass is 10.1. The van der Waals surface area contributed by atoms with Crippen LogP contribution in [0, 0.1) is 0 Å². The van der Waals surface area contributed by atoms with Crippen molar-refractivity contribution in [2.75, 3.05) is 6.61 Å². The van der Waals surface area contributed by atoms with Crippen LogP contribution >= 0.6 is 23.2 Å². The van der Waals surface area contributed by atoms with E-state index in [1.807, 2.05) is 0 Å². The molecule has 0 saturated heterocycles. The minimum absolute atomic E-state index is 0.0884. The summed E-state index contributed by atoms with van der Waals surface area (Å²) in [5.41, 5.74) is 0.0399. The molecule has 2 rings (SSSR count). The molecule has 1 aromatic carbocycles. The van der Waals surface area contributed by atoms with Crippen LogP contribution in [0.1, 0.15) is 32.0 Å². The van der Waals surface area contributed by atoms with E-state index >= 15 is 0 Å². The summed E-state index contributed by atoms with van der Waals surface area (Å²) < 4.78 is 0. The number of carbonyl (C=O) groups is 2. The molecule has 4 N–H and O–H groups in total. The topological polar surface area (TPSA) is 120 Å². The number of pyridine rings is 1. The summed E-state index contributed by atoms with van der Waals surface area (Å²) in [6.07, 6.45) is 1.05. The van der Waals surface area contributed by atoms with E-state index in [-0.39, 0.29) is 17.7 Å². The predicted molar refractivity (Wildman–Crippen MR) is 90.9 cm³/mol. The molecule has 0 radical (unpaired) electrons. The van der Waals surface area contributed by atoms with Gasteiger partial charge in [0.1, 0.15) is 6.61 Å². The van der Waals surface area contributed by atoms with Crippen molar-refractivity contribution in [1.82, 2.24) is 10.3 Å². The number of amides is 1. The third-order valence-electron chi connectivity index (χ3n) is 3.41. The summed E-state index contributed by atoms with van der Waals surface area (Å²) in [7, 11) is 0. The molecular formula is C16H14Cl2N2O5. The minimum Gasteiger partial charge on any atom is -0.505 e. The van der Waals surface area contributed by atoms with Gasteiger partial charge in [-0.2, -0.15) is 0 Å². The van der Waals surface area contributed by atoms with Crippen molar-refractivity contribution in [3.05, 3.63) is 56.8 Å². The molecule has 0 bridgehead atoms. The Bertz CT molecular complexity index is 826. The maximum atomic E-state index is 12.3. The van der Waals surface area contributed by atoms with Crippen LogP contribution in [0.15, 0.2) is 24.4 Å². The first-order valence-corrected chi connectivity index (χ1v) is 7.82. The van der Waals surface area contributed by atoms with Gasteiger partial charge in [-0.05, 0) is 17.7 Å². The fraction of sp³-hybridized carbons (Fsp3) is 0.188. The van der Waals surface area contributed by atoms with E-state index in [1.54, 1.807) is 18.2 Å². The molecule has 0 saturated carbocycles. The normalized spacial score (nSPS) is 10.6. The van der Waals surface area contributed by atoms with Gasteiger partial charge in [0.05, 0.1) is 22.2 Å². The number of nitrogens with zero attached hydrogens (tertiary/aromatic N) is 1. The maximum Gasteiger partial charge on any atom is 0.253 e. The fourth-order valence-corrected chi connectivity index (χ4v) is 2.42. The smallest absolute Gasteiger partial charge is 0.253 e. The number of aromatic hydroxyl groups is 1. The SMILES string of the molecule is O=C(NCc1ccc(Cl)c(Cl)c1)c1cnc(C(=O)CO)c(O)c1CO. The van der Waals surface area contributed by atoms with Gasteiger partial charge in [0.25, 0.3) is 5.91 Å². The van der Waals surface area contributed by atoms with Crippen LogP contribution in [0.25, 0.3) is 0 Å². The molecule has 0 fully saturated rings. The monoisotopic (exact) mass is 384 g/mol. The zero-order chi connectivity index (χ0) is 18.6. The molecule has 0 aliphatic carbocycles. The van der Waals surface area contributed by atoms with Gasteiger partial charge in [-0.25, -0.2) is 4.98 Å². The Morgan fingerprint density at radius 3 is 2.48 bits per heavy atom. The lowest BCUT2D eigenvalue weighted by molar-refractivity contribution is 0.0891. The van der Waals surface area contributed by atoms with Gasteiger partial charge in [0.15, 0.2) is 11.4 Å². The van der Waals surface area contributed by atoms with Crippen LogP contribution in [0.4, 0.5) is 0 Å². The first kappa shape index (κ1) is 19.1. The highest BCUT2D eigenvalue weighted by Gasteiger charge is 2.21. The van der Waals surface area contributed by atoms with Gasteiger partial charge in [-0.3, -0.25) is 9.59 Å². The Morgan fingerprint density at radius 1 is 1.16 bits per heavy atom. The van der Waals surface area contributed by atoms with Crippen LogP contribution in [0.2, 0.25) is 10.0 Å². The molecule has 132 valence electrons. The van der Waals surface area contributed by atoms with Crippen molar-refractivity contribution in [3.8, 4) is 5.75 Å². The highest BCUT2D eigenvalue weighted by molar-refractivity contribution is 6.42. The van der Waals surface area contributed by atoms with Crippen LogP contribution in [0.5, 0.6) is 5.75 Å². The summed E-state index contributed by atoms with van der Waals surface area (Å²) in [5.74, 6) is -2.07. The van der Waals surface area contributed by atoms with Crippen LogP contribution < -0.4 is 5.32 Å². The highest BCUT2D eigenvalue weighted by Crippen LogP contribution is 2.25. The minimum atomic E-state index is -0.853. The average Bonchev–Trinajstić information content (AvgIpc) is 2.61. The van der Waals surface area contributed by atoms with E-state index < -0.39 is 36.3 Å². The Labute approximate surface area is 152 Å². The van der Waals surface area contributed by atoms with Crippen molar-refractivity contribution < 1.29 is 24.9 Å². The number of hydrogen-bond acceptors (Lipinski definition) is 6. The summed E-state index contributed by atoms with van der Waals surface area (Å²) >= 11 is 11.7. The number of halogens is 2. The van der Waals surface area contributed by atoms with Crippen molar-refractivity contribution in [1.29, 1.82) is 0 Å². The number of carbonyl (C=O) groups excluding carboxylic acids is 2. The Morgan fingerprint density at radius 2 is 1.88 bits per heavy atom. The largest absolute Gasteiger partial charge is 0.505 e. The quantitative estimate of drug-likeness (QED) is 0.562. The van der Waals surface area contributed by atoms with Gasteiger partial charge in [0, 0.05) is 18.3 Å². The van der Waals surface area contributed by atoms with E-state index in [9.17, 15) is 19.8 Å². The summed E-state index contributed by atoms with van der Waals surface area (Å²) in [6.45, 7) is -1.41. The lowest BCUT2D eigenvalue weighted by Gasteiger charge is -2.12. The predicted octanol–water partition coefficient (Wildman–Crippen LogP) is 1.69. The fourth-order valence-electron chi connectivity index (χ4n) is 2.10. The number of hydrogen-bond donors (Lipinski definition) is 4. The maximum absolute atomic E-state index is 12.3. The number of rotatable bonds is 6. The molecule has 9 heteroatoms. The zero-order valence-electron chi connectivity index (χ0n) is 12.8. The van der Waals surface area contributed by atoms with E-state index in [0.29, 0.717) is 15.6 Å². The second kappa shape index (κ2) is 8.26. The molecule has 7 nitrogen and oxygen atoms in total. The van der Waals surface area contributed by atoms with E-state index in [2.05, 4.69) is 10.3 Å². The van der Waals surface area contributed by atoms with E-state index in [4.69, 9.17) is 28.3 Å². The molecule has 0 atom stereocenters. The number of ketones is 1. The molecular weight excluding hydrogens is 371 g/mol.